The number of aromatic amines is 1. The summed E-state index contributed by atoms with van der Waals surface area (Å²) in [6, 6.07) is 13.4. The van der Waals surface area contributed by atoms with Crippen LogP contribution in [0.15, 0.2) is 53.3 Å². The van der Waals surface area contributed by atoms with E-state index in [1.807, 2.05) is 11.0 Å². The van der Waals surface area contributed by atoms with Crippen molar-refractivity contribution < 1.29 is 14.3 Å². The van der Waals surface area contributed by atoms with Gasteiger partial charge in [0.2, 0.25) is 0 Å². The van der Waals surface area contributed by atoms with Crippen LogP contribution in [0, 0.1) is 0 Å². The van der Waals surface area contributed by atoms with Crippen molar-refractivity contribution in [3.8, 4) is 0 Å². The van der Waals surface area contributed by atoms with Gasteiger partial charge in [0.25, 0.3) is 11.5 Å². The first-order chi connectivity index (χ1) is 15.0. The van der Waals surface area contributed by atoms with Gasteiger partial charge < -0.3 is 9.64 Å². The number of amides is 1. The van der Waals surface area contributed by atoms with E-state index in [0.717, 1.165) is 0 Å². The molecule has 8 nitrogen and oxygen atoms in total. The van der Waals surface area contributed by atoms with Crippen LogP contribution in [-0.4, -0.2) is 65.2 Å². The molecule has 2 aromatic carbocycles. The minimum atomic E-state index is -0.650. The molecule has 4 rings (SSSR count). The Labute approximate surface area is 183 Å². The molecule has 160 valence electrons. The van der Waals surface area contributed by atoms with Crippen LogP contribution in [-0.2, 0) is 9.53 Å². The van der Waals surface area contributed by atoms with Crippen LogP contribution in [0.3, 0.4) is 0 Å². The molecule has 1 N–H and O–H groups in total. The maximum atomic E-state index is 13.1. The lowest BCUT2D eigenvalue weighted by atomic mass is 10.0. The van der Waals surface area contributed by atoms with Crippen LogP contribution in [0.25, 0.3) is 10.8 Å². The smallest absolute Gasteiger partial charge is 0.327 e. The van der Waals surface area contributed by atoms with Crippen LogP contribution < -0.4 is 5.56 Å². The molecule has 0 saturated carbocycles. The molecule has 9 heteroatoms. The number of carbonyl (C=O) groups excluding carboxylic acids is 2. The second-order valence-corrected chi connectivity index (χ2v) is 7.63. The van der Waals surface area contributed by atoms with Crippen molar-refractivity contribution in [2.45, 2.75) is 6.04 Å². The highest BCUT2D eigenvalue weighted by atomic mass is 35.5. The van der Waals surface area contributed by atoms with E-state index in [2.05, 4.69) is 10.2 Å². The number of aromatic nitrogens is 2. The zero-order chi connectivity index (χ0) is 22.0. The molecule has 31 heavy (non-hydrogen) atoms. The van der Waals surface area contributed by atoms with Gasteiger partial charge in [-0.2, -0.15) is 5.10 Å². The van der Waals surface area contributed by atoms with Crippen molar-refractivity contribution in [2.75, 3.05) is 33.3 Å². The molecule has 1 aromatic heterocycles. The fraction of sp³-hybridized carbons (Fsp3) is 0.273. The Hall–Kier alpha value is -3.23. The van der Waals surface area contributed by atoms with Gasteiger partial charge in [-0.25, -0.2) is 9.89 Å². The fourth-order valence-corrected chi connectivity index (χ4v) is 4.13. The van der Waals surface area contributed by atoms with Crippen molar-refractivity contribution in [3.63, 3.8) is 0 Å². The average molecular weight is 441 g/mol. The third-order valence-corrected chi connectivity index (χ3v) is 5.83. The van der Waals surface area contributed by atoms with Crippen LogP contribution in [0.2, 0.25) is 5.02 Å². The predicted octanol–water partition coefficient (Wildman–Crippen LogP) is 2.25. The van der Waals surface area contributed by atoms with Crippen LogP contribution >= 0.6 is 11.6 Å². The second-order valence-electron chi connectivity index (χ2n) is 7.22. The summed E-state index contributed by atoms with van der Waals surface area (Å²) in [5.41, 5.74) is 0.543. The van der Waals surface area contributed by atoms with Crippen molar-refractivity contribution in [3.05, 3.63) is 75.2 Å². The molecule has 1 fully saturated rings. The molecule has 3 aromatic rings. The van der Waals surface area contributed by atoms with Gasteiger partial charge in [-0.1, -0.05) is 48.0 Å². The van der Waals surface area contributed by atoms with Crippen LogP contribution in [0.5, 0.6) is 0 Å². The molecule has 0 aliphatic carbocycles. The second kappa shape index (κ2) is 8.87. The number of nitrogens with zero attached hydrogens (tertiary/aromatic N) is 3. The summed E-state index contributed by atoms with van der Waals surface area (Å²) in [5, 5.41) is 7.83. The Morgan fingerprint density at radius 3 is 2.35 bits per heavy atom. The van der Waals surface area contributed by atoms with E-state index in [1.165, 1.54) is 7.11 Å². The zero-order valence-electron chi connectivity index (χ0n) is 16.9. The van der Waals surface area contributed by atoms with E-state index in [-0.39, 0.29) is 17.2 Å². The van der Waals surface area contributed by atoms with E-state index in [1.54, 1.807) is 47.4 Å². The number of fused-ring (bicyclic) bond motifs is 1. The minimum absolute atomic E-state index is 0.208. The zero-order valence-corrected chi connectivity index (χ0v) is 17.6. The van der Waals surface area contributed by atoms with E-state index in [0.29, 0.717) is 47.5 Å². The van der Waals surface area contributed by atoms with Crippen molar-refractivity contribution in [1.29, 1.82) is 0 Å². The topological polar surface area (TPSA) is 95.6 Å². The summed E-state index contributed by atoms with van der Waals surface area (Å²) in [6.07, 6.45) is 0. The molecule has 1 atom stereocenters. The highest BCUT2D eigenvalue weighted by Gasteiger charge is 2.34. The Bertz CT molecular complexity index is 1190. The number of carbonyl (C=O) groups is 2. The third-order valence-electron chi connectivity index (χ3n) is 5.49. The number of esters is 1. The molecule has 0 radical (unpaired) electrons. The summed E-state index contributed by atoms with van der Waals surface area (Å²) < 4.78 is 5.01. The van der Waals surface area contributed by atoms with Crippen molar-refractivity contribution >= 4 is 34.2 Å². The molecule has 0 unspecified atom stereocenters. The number of hydrogen-bond donors (Lipinski definition) is 1. The van der Waals surface area contributed by atoms with Crippen molar-refractivity contribution in [1.82, 2.24) is 20.0 Å². The predicted molar refractivity (Wildman–Crippen MR) is 116 cm³/mol. The molecule has 1 aliphatic rings. The number of H-pyrrole nitrogens is 1. The lowest BCUT2D eigenvalue weighted by Crippen LogP contribution is -2.51. The fourth-order valence-electron chi connectivity index (χ4n) is 3.89. The molecular formula is C22H21ClN4O4. The molecule has 0 bridgehead atoms. The maximum Gasteiger partial charge on any atom is 0.327 e. The molecule has 2 heterocycles. The first kappa shape index (κ1) is 21.0. The van der Waals surface area contributed by atoms with Gasteiger partial charge in [0, 0.05) is 36.6 Å². The highest BCUT2D eigenvalue weighted by molar-refractivity contribution is 6.31. The summed E-state index contributed by atoms with van der Waals surface area (Å²) in [6.45, 7) is 1.70. The van der Waals surface area contributed by atoms with Crippen molar-refractivity contribution in [2.24, 2.45) is 0 Å². The lowest BCUT2D eigenvalue weighted by Gasteiger charge is -2.38. The number of nitrogens with one attached hydrogen (secondary N) is 1. The molecular weight excluding hydrogens is 420 g/mol. The van der Waals surface area contributed by atoms with Crippen LogP contribution in [0.4, 0.5) is 0 Å². The largest absolute Gasteiger partial charge is 0.468 e. The number of ether oxygens (including phenoxy) is 1. The summed E-state index contributed by atoms with van der Waals surface area (Å²) in [7, 11) is 1.35. The number of piperazine rings is 1. The van der Waals surface area contributed by atoms with Gasteiger partial charge in [-0.15, -0.1) is 0 Å². The summed E-state index contributed by atoms with van der Waals surface area (Å²) in [4.78, 5) is 41.3. The maximum absolute atomic E-state index is 13.1. The number of halogens is 1. The Balaban J connectivity index is 1.55. The van der Waals surface area contributed by atoms with E-state index < -0.39 is 12.0 Å². The van der Waals surface area contributed by atoms with Gasteiger partial charge >= 0.3 is 5.97 Å². The highest BCUT2D eigenvalue weighted by Crippen LogP contribution is 2.29. The van der Waals surface area contributed by atoms with Gasteiger partial charge in [0.1, 0.15) is 6.04 Å². The van der Waals surface area contributed by atoms with Gasteiger partial charge in [0.05, 0.1) is 12.5 Å². The van der Waals surface area contributed by atoms with E-state index in [4.69, 9.17) is 16.3 Å². The molecule has 1 saturated heterocycles. The number of hydrogen-bond acceptors (Lipinski definition) is 6. The quantitative estimate of drug-likeness (QED) is 0.625. The Morgan fingerprint density at radius 1 is 1.03 bits per heavy atom. The van der Waals surface area contributed by atoms with Gasteiger partial charge in [-0.3, -0.25) is 14.5 Å². The molecule has 0 spiro atoms. The molecule has 1 aliphatic heterocycles. The normalized spacial score (nSPS) is 15.6. The van der Waals surface area contributed by atoms with Crippen LogP contribution in [0.1, 0.15) is 22.1 Å². The molecule has 1 amide bonds. The van der Waals surface area contributed by atoms with Gasteiger partial charge in [0.15, 0.2) is 5.69 Å². The minimum Gasteiger partial charge on any atom is -0.468 e. The first-order valence-electron chi connectivity index (χ1n) is 9.84. The van der Waals surface area contributed by atoms with E-state index >= 15 is 0 Å². The third kappa shape index (κ3) is 4.04. The first-order valence-corrected chi connectivity index (χ1v) is 10.2. The van der Waals surface area contributed by atoms with Gasteiger partial charge in [-0.05, 0) is 17.7 Å². The lowest BCUT2D eigenvalue weighted by molar-refractivity contribution is -0.148. The number of rotatable bonds is 4. The Morgan fingerprint density at radius 2 is 1.68 bits per heavy atom. The Kier molecular flexibility index (Phi) is 6.01. The number of methoxy groups -OCH3 is 1. The summed E-state index contributed by atoms with van der Waals surface area (Å²) in [5.74, 6) is -0.666. The number of benzene rings is 2. The average Bonchev–Trinajstić information content (AvgIpc) is 2.81. The monoisotopic (exact) mass is 440 g/mol. The standard InChI is InChI=1S/C22H21ClN4O4/c1-31-22(30)19(16-8-4-5-9-17(16)23)26-10-12-27(13-11-26)21(29)18-14-6-2-3-7-15(14)20(28)25-24-18/h2-9,19H,10-13H2,1H3,(H,25,28)/t19-/m1/s1. The van der Waals surface area contributed by atoms with E-state index in [9.17, 15) is 14.4 Å². The SMILES string of the molecule is COC(=O)[C@@H](c1ccccc1Cl)N1CCN(C(=O)c2n[nH]c(=O)c3ccccc23)CC1. The summed E-state index contributed by atoms with van der Waals surface area (Å²) >= 11 is 6.33.